The Balaban J connectivity index is 2.13. The first-order valence-corrected chi connectivity index (χ1v) is 7.16. The largest absolute Gasteiger partial charge is 0.383 e. The van der Waals surface area contributed by atoms with Crippen LogP contribution >= 0.6 is 22.7 Å². The zero-order chi connectivity index (χ0) is 12.1. The van der Waals surface area contributed by atoms with E-state index in [4.69, 9.17) is 4.74 Å². The molecule has 0 spiro atoms. The fraction of sp³-hybridized carbons (Fsp3) is 0.455. The second-order valence-electron chi connectivity index (χ2n) is 3.62. The highest BCUT2D eigenvalue weighted by Crippen LogP contribution is 2.24. The Labute approximate surface area is 109 Å². The van der Waals surface area contributed by atoms with E-state index in [0.29, 0.717) is 6.61 Å². The summed E-state index contributed by atoms with van der Waals surface area (Å²) in [6, 6.07) is 0.0788. The molecule has 2 aromatic heterocycles. The average molecular weight is 269 g/mol. The zero-order valence-corrected chi connectivity index (χ0v) is 11.5. The van der Waals surface area contributed by atoms with Crippen molar-refractivity contribution in [3.8, 4) is 0 Å². The van der Waals surface area contributed by atoms with Gasteiger partial charge in [-0.2, -0.15) is 0 Å². The van der Waals surface area contributed by atoms with Gasteiger partial charge in [0.15, 0.2) is 0 Å². The number of thiazole rings is 2. The van der Waals surface area contributed by atoms with Crippen LogP contribution in [0.1, 0.15) is 22.4 Å². The van der Waals surface area contributed by atoms with Crippen molar-refractivity contribution in [3.05, 3.63) is 32.7 Å². The smallest absolute Gasteiger partial charge is 0.116 e. The zero-order valence-electron chi connectivity index (χ0n) is 9.84. The van der Waals surface area contributed by atoms with Gasteiger partial charge in [-0.05, 0) is 6.92 Å². The quantitative estimate of drug-likeness (QED) is 0.817. The number of rotatable bonds is 6. The lowest BCUT2D eigenvalue weighted by Gasteiger charge is -2.13. The van der Waals surface area contributed by atoms with E-state index in [1.807, 2.05) is 12.4 Å². The highest BCUT2D eigenvalue weighted by atomic mass is 32.1. The topological polar surface area (TPSA) is 47.0 Å². The third kappa shape index (κ3) is 3.32. The fourth-order valence-electron chi connectivity index (χ4n) is 1.49. The molecule has 2 heterocycles. The Morgan fingerprint density at radius 1 is 1.47 bits per heavy atom. The van der Waals surface area contributed by atoms with Gasteiger partial charge < -0.3 is 10.1 Å². The predicted molar refractivity (Wildman–Crippen MR) is 70.7 cm³/mol. The van der Waals surface area contributed by atoms with Crippen LogP contribution in [-0.4, -0.2) is 30.2 Å². The summed E-state index contributed by atoms with van der Waals surface area (Å²) in [7, 11) is 1.70. The molecule has 0 bridgehead atoms. The molecule has 0 aliphatic carbocycles. The molecule has 0 aliphatic heterocycles. The first kappa shape index (κ1) is 12.6. The van der Waals surface area contributed by atoms with Crippen molar-refractivity contribution in [3.63, 3.8) is 0 Å². The third-order valence-electron chi connectivity index (χ3n) is 2.29. The first-order chi connectivity index (χ1) is 8.31. The Hall–Kier alpha value is -0.820. The highest BCUT2D eigenvalue weighted by molar-refractivity contribution is 7.09. The lowest BCUT2D eigenvalue weighted by molar-refractivity contribution is 0.197. The van der Waals surface area contributed by atoms with Gasteiger partial charge in [0.1, 0.15) is 11.0 Å². The molecule has 0 saturated carbocycles. The summed E-state index contributed by atoms with van der Waals surface area (Å²) in [4.78, 5) is 8.89. The third-order valence-corrected chi connectivity index (χ3v) is 3.92. The maximum absolute atomic E-state index is 5.05. The van der Waals surface area contributed by atoms with Gasteiger partial charge in [-0.3, -0.25) is 0 Å². The summed E-state index contributed by atoms with van der Waals surface area (Å²) in [5.41, 5.74) is 3.93. The summed E-state index contributed by atoms with van der Waals surface area (Å²) < 4.78 is 5.05. The van der Waals surface area contributed by atoms with Crippen molar-refractivity contribution >= 4 is 22.7 Å². The SMILES string of the molecule is COCCNC(c1cscn1)c1nc(C)cs1. The van der Waals surface area contributed by atoms with Gasteiger partial charge in [-0.1, -0.05) is 0 Å². The van der Waals surface area contributed by atoms with E-state index in [1.165, 1.54) is 0 Å². The molecule has 0 aliphatic rings. The molecule has 92 valence electrons. The van der Waals surface area contributed by atoms with Crippen molar-refractivity contribution in [1.29, 1.82) is 0 Å². The number of methoxy groups -OCH3 is 1. The number of hydrogen-bond donors (Lipinski definition) is 1. The van der Waals surface area contributed by atoms with Crippen LogP contribution < -0.4 is 5.32 Å². The van der Waals surface area contributed by atoms with Crippen LogP contribution in [0.25, 0.3) is 0 Å². The molecule has 2 rings (SSSR count). The molecular formula is C11H15N3OS2. The highest BCUT2D eigenvalue weighted by Gasteiger charge is 2.18. The lowest BCUT2D eigenvalue weighted by atomic mass is 10.2. The molecule has 1 N–H and O–H groups in total. The van der Waals surface area contributed by atoms with Crippen molar-refractivity contribution in [2.75, 3.05) is 20.3 Å². The minimum absolute atomic E-state index is 0.0788. The van der Waals surface area contributed by atoms with Crippen molar-refractivity contribution < 1.29 is 4.74 Å². The molecule has 0 amide bonds. The van der Waals surface area contributed by atoms with E-state index in [0.717, 1.165) is 22.9 Å². The monoisotopic (exact) mass is 269 g/mol. The summed E-state index contributed by atoms with van der Waals surface area (Å²) in [6.07, 6.45) is 0. The Morgan fingerprint density at radius 2 is 2.35 bits per heavy atom. The van der Waals surface area contributed by atoms with Crippen molar-refractivity contribution in [1.82, 2.24) is 15.3 Å². The van der Waals surface area contributed by atoms with Gasteiger partial charge in [0.25, 0.3) is 0 Å². The van der Waals surface area contributed by atoms with Crippen LogP contribution in [0.2, 0.25) is 0 Å². The van der Waals surface area contributed by atoms with Crippen LogP contribution in [0, 0.1) is 6.92 Å². The maximum atomic E-state index is 5.05. The molecule has 1 unspecified atom stereocenters. The van der Waals surface area contributed by atoms with Gasteiger partial charge in [0, 0.05) is 30.1 Å². The number of nitrogens with one attached hydrogen (secondary N) is 1. The molecule has 0 radical (unpaired) electrons. The molecule has 4 nitrogen and oxygen atoms in total. The molecule has 0 saturated heterocycles. The predicted octanol–water partition coefficient (Wildman–Crippen LogP) is 2.23. The Bertz CT molecular complexity index is 441. The lowest BCUT2D eigenvalue weighted by Crippen LogP contribution is -2.26. The normalized spacial score (nSPS) is 12.8. The van der Waals surface area contributed by atoms with E-state index < -0.39 is 0 Å². The molecular weight excluding hydrogens is 254 g/mol. The second-order valence-corrected chi connectivity index (χ2v) is 5.23. The van der Waals surface area contributed by atoms with E-state index in [-0.39, 0.29) is 6.04 Å². The van der Waals surface area contributed by atoms with E-state index in [2.05, 4.69) is 26.0 Å². The first-order valence-electron chi connectivity index (χ1n) is 5.33. The average Bonchev–Trinajstić information content (AvgIpc) is 2.96. The number of hydrogen-bond acceptors (Lipinski definition) is 6. The molecule has 17 heavy (non-hydrogen) atoms. The second kappa shape index (κ2) is 6.20. The molecule has 0 fully saturated rings. The molecule has 6 heteroatoms. The summed E-state index contributed by atoms with van der Waals surface area (Å²) in [6.45, 7) is 3.48. The van der Waals surface area contributed by atoms with Crippen LogP contribution in [0.3, 0.4) is 0 Å². The minimum atomic E-state index is 0.0788. The van der Waals surface area contributed by atoms with Gasteiger partial charge in [-0.15, -0.1) is 22.7 Å². The number of ether oxygens (including phenoxy) is 1. The maximum Gasteiger partial charge on any atom is 0.116 e. The van der Waals surface area contributed by atoms with E-state index in [9.17, 15) is 0 Å². The van der Waals surface area contributed by atoms with Gasteiger partial charge in [0.2, 0.25) is 0 Å². The number of aryl methyl sites for hydroxylation is 1. The Morgan fingerprint density at radius 3 is 2.94 bits per heavy atom. The minimum Gasteiger partial charge on any atom is -0.383 e. The standard InChI is InChI=1S/C11H15N3OS2/c1-8-5-17-11(14-8)10(12-3-4-15-2)9-6-16-7-13-9/h5-7,10,12H,3-4H2,1-2H3. The van der Waals surface area contributed by atoms with Crippen molar-refractivity contribution in [2.24, 2.45) is 0 Å². The number of aromatic nitrogens is 2. The van der Waals surface area contributed by atoms with E-state index >= 15 is 0 Å². The summed E-state index contributed by atoms with van der Waals surface area (Å²) in [5, 5.41) is 8.60. The van der Waals surface area contributed by atoms with Crippen LogP contribution in [-0.2, 0) is 4.74 Å². The fourth-order valence-corrected chi connectivity index (χ4v) is 2.95. The Kier molecular flexibility index (Phi) is 4.61. The summed E-state index contributed by atoms with van der Waals surface area (Å²) >= 11 is 3.27. The molecule has 2 aromatic rings. The molecule has 1 atom stereocenters. The van der Waals surface area contributed by atoms with Gasteiger partial charge in [-0.25, -0.2) is 9.97 Å². The van der Waals surface area contributed by atoms with Crippen LogP contribution in [0.4, 0.5) is 0 Å². The van der Waals surface area contributed by atoms with Crippen LogP contribution in [0.15, 0.2) is 16.3 Å². The van der Waals surface area contributed by atoms with Gasteiger partial charge in [0.05, 0.1) is 17.8 Å². The summed E-state index contributed by atoms with van der Waals surface area (Å²) in [5.74, 6) is 0. The van der Waals surface area contributed by atoms with Crippen molar-refractivity contribution in [2.45, 2.75) is 13.0 Å². The van der Waals surface area contributed by atoms with E-state index in [1.54, 1.807) is 29.8 Å². The molecule has 0 aromatic carbocycles. The number of nitrogens with zero attached hydrogens (tertiary/aromatic N) is 2. The van der Waals surface area contributed by atoms with Crippen LogP contribution in [0.5, 0.6) is 0 Å². The van der Waals surface area contributed by atoms with Gasteiger partial charge >= 0.3 is 0 Å².